The van der Waals surface area contributed by atoms with Crippen LogP contribution in [0.4, 0.5) is 5.69 Å². The minimum absolute atomic E-state index is 0.0301. The standard InChI is InChI=1S/C38H42ClN3O4S/c1-28-21-22-29(2)35(23-28)42(47(45,46)34-19-10-5-11-20-34)27-37(43)41(26-31-15-12-16-32(39)24-31)36(25-30-13-6-3-7-14-30)38(44)40-33-17-8-4-9-18-33/h3,5-7,10-16,19-24,33,36H,4,8-9,17-18,25-27H2,1-2H3,(H,40,44)/t36-/m0/s1. The van der Waals surface area contributed by atoms with Crippen molar-refractivity contribution in [3.63, 3.8) is 0 Å². The normalized spacial score (nSPS) is 14.3. The number of amides is 2. The van der Waals surface area contributed by atoms with Gasteiger partial charge in [-0.3, -0.25) is 13.9 Å². The fourth-order valence-corrected chi connectivity index (χ4v) is 7.86. The first-order valence-corrected chi connectivity index (χ1v) is 18.0. The zero-order valence-electron chi connectivity index (χ0n) is 26.9. The number of carbonyl (C=O) groups excluding carboxylic acids is 2. The van der Waals surface area contributed by atoms with Gasteiger partial charge in [-0.2, -0.15) is 0 Å². The van der Waals surface area contributed by atoms with Gasteiger partial charge in [-0.05, 0) is 79.3 Å². The number of hydrogen-bond donors (Lipinski definition) is 1. The Balaban J connectivity index is 1.58. The molecule has 1 fully saturated rings. The quantitative estimate of drug-likeness (QED) is 0.172. The van der Waals surface area contributed by atoms with Crippen LogP contribution in [0.1, 0.15) is 54.4 Å². The monoisotopic (exact) mass is 671 g/mol. The number of nitrogens with zero attached hydrogens (tertiary/aromatic N) is 2. The molecule has 0 aromatic heterocycles. The third kappa shape index (κ3) is 8.82. The summed E-state index contributed by atoms with van der Waals surface area (Å²) < 4.78 is 29.7. The van der Waals surface area contributed by atoms with E-state index in [1.165, 1.54) is 21.3 Å². The van der Waals surface area contributed by atoms with Gasteiger partial charge in [0.25, 0.3) is 10.0 Å². The van der Waals surface area contributed by atoms with E-state index in [-0.39, 0.29) is 29.8 Å². The number of benzene rings is 4. The Morgan fingerprint density at radius 3 is 2.17 bits per heavy atom. The molecular weight excluding hydrogens is 630 g/mol. The van der Waals surface area contributed by atoms with Crippen molar-refractivity contribution in [1.82, 2.24) is 10.2 Å². The maximum atomic E-state index is 14.7. The van der Waals surface area contributed by atoms with Crippen molar-refractivity contribution in [3.05, 3.63) is 130 Å². The number of rotatable bonds is 12. The van der Waals surface area contributed by atoms with Crippen LogP contribution in [-0.2, 0) is 32.6 Å². The summed E-state index contributed by atoms with van der Waals surface area (Å²) in [5.74, 6) is -0.745. The molecule has 1 aliphatic rings. The zero-order valence-corrected chi connectivity index (χ0v) is 28.5. The number of halogens is 1. The molecule has 0 spiro atoms. The van der Waals surface area contributed by atoms with Crippen molar-refractivity contribution < 1.29 is 18.0 Å². The highest BCUT2D eigenvalue weighted by Crippen LogP contribution is 2.29. The number of sulfonamides is 1. The number of carbonyl (C=O) groups is 2. The van der Waals surface area contributed by atoms with Crippen molar-refractivity contribution in [1.29, 1.82) is 0 Å². The van der Waals surface area contributed by atoms with Crippen LogP contribution in [0.3, 0.4) is 0 Å². The van der Waals surface area contributed by atoms with E-state index in [0.717, 1.165) is 48.8 Å². The molecule has 9 heteroatoms. The lowest BCUT2D eigenvalue weighted by atomic mass is 9.94. The molecule has 1 atom stereocenters. The third-order valence-corrected chi connectivity index (χ3v) is 10.7. The van der Waals surface area contributed by atoms with Gasteiger partial charge in [-0.25, -0.2) is 8.42 Å². The molecule has 0 aliphatic heterocycles. The fourth-order valence-electron chi connectivity index (χ4n) is 6.15. The summed E-state index contributed by atoms with van der Waals surface area (Å²) in [6, 6.07) is 29.6. The van der Waals surface area contributed by atoms with E-state index in [1.54, 1.807) is 42.5 Å². The van der Waals surface area contributed by atoms with E-state index in [9.17, 15) is 18.0 Å². The van der Waals surface area contributed by atoms with Crippen LogP contribution in [0.2, 0.25) is 5.02 Å². The van der Waals surface area contributed by atoms with Gasteiger partial charge in [0.2, 0.25) is 11.8 Å². The Morgan fingerprint density at radius 1 is 0.830 bits per heavy atom. The van der Waals surface area contributed by atoms with Crippen LogP contribution < -0.4 is 9.62 Å². The Morgan fingerprint density at radius 2 is 1.49 bits per heavy atom. The highest BCUT2D eigenvalue weighted by atomic mass is 35.5. The van der Waals surface area contributed by atoms with Gasteiger partial charge in [-0.1, -0.05) is 104 Å². The lowest BCUT2D eigenvalue weighted by molar-refractivity contribution is -0.140. The van der Waals surface area contributed by atoms with Gasteiger partial charge in [0.05, 0.1) is 10.6 Å². The summed E-state index contributed by atoms with van der Waals surface area (Å²) in [6.07, 6.45) is 5.27. The molecule has 7 nitrogen and oxygen atoms in total. The second kappa shape index (κ2) is 15.6. The average molecular weight is 672 g/mol. The first-order valence-electron chi connectivity index (χ1n) is 16.1. The van der Waals surface area contributed by atoms with Crippen molar-refractivity contribution >= 4 is 39.1 Å². The van der Waals surface area contributed by atoms with E-state index in [0.29, 0.717) is 16.3 Å². The lowest BCUT2D eigenvalue weighted by Crippen LogP contribution is -2.55. The minimum atomic E-state index is -4.16. The summed E-state index contributed by atoms with van der Waals surface area (Å²) in [6.45, 7) is 3.28. The smallest absolute Gasteiger partial charge is 0.264 e. The van der Waals surface area contributed by atoms with Gasteiger partial charge in [0, 0.05) is 24.0 Å². The average Bonchev–Trinajstić information content (AvgIpc) is 3.07. The van der Waals surface area contributed by atoms with Gasteiger partial charge in [0.15, 0.2) is 0 Å². The van der Waals surface area contributed by atoms with E-state index >= 15 is 0 Å². The van der Waals surface area contributed by atoms with Gasteiger partial charge < -0.3 is 10.2 Å². The van der Waals surface area contributed by atoms with E-state index in [1.807, 2.05) is 62.4 Å². The van der Waals surface area contributed by atoms with E-state index in [4.69, 9.17) is 11.6 Å². The summed E-state index contributed by atoms with van der Waals surface area (Å²) in [7, 11) is -4.16. The number of aryl methyl sites for hydroxylation is 2. The second-order valence-electron chi connectivity index (χ2n) is 12.3. The van der Waals surface area contributed by atoms with Crippen molar-refractivity contribution in [3.8, 4) is 0 Å². The molecule has 1 N–H and O–H groups in total. The van der Waals surface area contributed by atoms with Crippen molar-refractivity contribution in [2.75, 3.05) is 10.8 Å². The highest BCUT2D eigenvalue weighted by Gasteiger charge is 2.36. The largest absolute Gasteiger partial charge is 0.352 e. The molecule has 4 aromatic carbocycles. The molecule has 2 amide bonds. The SMILES string of the molecule is Cc1ccc(C)c(N(CC(=O)N(Cc2cccc(Cl)c2)[C@@H](Cc2ccccc2)C(=O)NC2CCCCC2)S(=O)(=O)c2ccccc2)c1. The Hall–Kier alpha value is -4.14. The summed E-state index contributed by atoms with van der Waals surface area (Å²) in [4.78, 5) is 30.6. The summed E-state index contributed by atoms with van der Waals surface area (Å²) in [5.41, 5.74) is 3.61. The highest BCUT2D eigenvalue weighted by molar-refractivity contribution is 7.92. The zero-order chi connectivity index (χ0) is 33.4. The van der Waals surface area contributed by atoms with Crippen LogP contribution in [0.15, 0.2) is 108 Å². The topological polar surface area (TPSA) is 86.8 Å². The Labute approximate surface area is 283 Å². The molecule has 1 saturated carbocycles. The molecule has 47 heavy (non-hydrogen) atoms. The predicted molar refractivity (Wildman–Crippen MR) is 188 cm³/mol. The Kier molecular flexibility index (Phi) is 11.4. The maximum absolute atomic E-state index is 14.7. The van der Waals surface area contributed by atoms with E-state index in [2.05, 4.69) is 5.32 Å². The molecule has 0 radical (unpaired) electrons. The molecule has 246 valence electrons. The molecular formula is C38H42ClN3O4S. The predicted octanol–water partition coefficient (Wildman–Crippen LogP) is 7.24. The van der Waals surface area contributed by atoms with E-state index < -0.39 is 28.5 Å². The number of anilines is 1. The van der Waals surface area contributed by atoms with Gasteiger partial charge in [-0.15, -0.1) is 0 Å². The number of hydrogen-bond acceptors (Lipinski definition) is 4. The molecule has 0 unspecified atom stereocenters. The van der Waals surface area contributed by atoms with Crippen LogP contribution in [0.5, 0.6) is 0 Å². The summed E-state index contributed by atoms with van der Waals surface area (Å²) in [5, 5.41) is 3.74. The summed E-state index contributed by atoms with van der Waals surface area (Å²) >= 11 is 6.36. The molecule has 0 saturated heterocycles. The molecule has 4 aromatic rings. The number of nitrogens with one attached hydrogen (secondary N) is 1. The third-order valence-electron chi connectivity index (χ3n) is 8.71. The minimum Gasteiger partial charge on any atom is -0.352 e. The first-order chi connectivity index (χ1) is 22.6. The lowest BCUT2D eigenvalue weighted by Gasteiger charge is -2.35. The second-order valence-corrected chi connectivity index (χ2v) is 14.6. The molecule has 1 aliphatic carbocycles. The van der Waals surface area contributed by atoms with Crippen LogP contribution >= 0.6 is 11.6 Å². The Bertz CT molecular complexity index is 1780. The van der Waals surface area contributed by atoms with Crippen LogP contribution in [0, 0.1) is 13.8 Å². The molecule has 0 heterocycles. The van der Waals surface area contributed by atoms with Crippen molar-refractivity contribution in [2.45, 2.75) is 75.9 Å². The molecule has 5 rings (SSSR count). The van der Waals surface area contributed by atoms with Gasteiger partial charge >= 0.3 is 0 Å². The maximum Gasteiger partial charge on any atom is 0.264 e. The fraction of sp³-hybridized carbons (Fsp3) is 0.316. The van der Waals surface area contributed by atoms with Gasteiger partial charge in [0.1, 0.15) is 12.6 Å². The van der Waals surface area contributed by atoms with Crippen molar-refractivity contribution in [2.24, 2.45) is 0 Å². The molecule has 0 bridgehead atoms. The first kappa shape index (κ1) is 34.2. The van der Waals surface area contributed by atoms with Crippen LogP contribution in [-0.4, -0.2) is 43.8 Å². The van der Waals surface area contributed by atoms with Crippen LogP contribution in [0.25, 0.3) is 0 Å².